The molecular formula is C24H22Cl3N3O2. The fourth-order valence-corrected chi connectivity index (χ4v) is 4.65. The van der Waals surface area contributed by atoms with Gasteiger partial charge in [-0.3, -0.25) is 4.90 Å². The van der Waals surface area contributed by atoms with Gasteiger partial charge in [-0.05, 0) is 55.8 Å². The first kappa shape index (κ1) is 22.7. The lowest BCUT2D eigenvalue weighted by Crippen LogP contribution is -2.41. The number of nitrogens with zero attached hydrogens (tertiary/aromatic N) is 1. The Hall–Kier alpha value is -2.44. The number of rotatable bonds is 2. The van der Waals surface area contributed by atoms with Crippen LogP contribution in [0.25, 0.3) is 11.1 Å². The predicted octanol–water partition coefficient (Wildman–Crippen LogP) is 6.75. The van der Waals surface area contributed by atoms with Gasteiger partial charge in [0.05, 0.1) is 21.4 Å². The number of nitrogens with one attached hydrogen (secondary N) is 2. The Bertz CT molecular complexity index is 1120. The maximum Gasteiger partial charge on any atom is 0.326 e. The van der Waals surface area contributed by atoms with Gasteiger partial charge in [-0.25, -0.2) is 4.79 Å². The fourth-order valence-electron chi connectivity index (χ4n) is 3.85. The molecule has 3 aromatic carbocycles. The van der Waals surface area contributed by atoms with Gasteiger partial charge in [0.1, 0.15) is 5.75 Å². The average Bonchev–Trinajstić information content (AvgIpc) is 3.35. The molecule has 2 amide bonds. The molecule has 0 bridgehead atoms. The summed E-state index contributed by atoms with van der Waals surface area (Å²) < 4.78 is 0. The quantitative estimate of drug-likeness (QED) is 0.372. The minimum Gasteiger partial charge on any atom is -0.508 e. The van der Waals surface area contributed by atoms with Crippen LogP contribution in [0.2, 0.25) is 15.1 Å². The van der Waals surface area contributed by atoms with Crippen molar-refractivity contribution in [1.29, 1.82) is 0 Å². The molecule has 1 saturated heterocycles. The number of carbonyl (C=O) groups is 1. The van der Waals surface area contributed by atoms with Crippen molar-refractivity contribution < 1.29 is 9.90 Å². The standard InChI is InChI=1S/C20H13Cl3N2O2.C4H9N/c21-15-5-2-1-4-12(15)13-8-11(26)9-18-14(13)10-24-20(27)25(18)19-16(22)6-3-7-17(19)23;1-2-4-5-3-1/h1-9,26H,10H2,(H,24,27);5H,1-4H2. The Morgan fingerprint density at radius 2 is 1.50 bits per heavy atom. The van der Waals surface area contributed by atoms with Crippen molar-refractivity contribution in [3.05, 3.63) is 75.2 Å². The number of para-hydroxylation sites is 1. The van der Waals surface area contributed by atoms with E-state index in [2.05, 4.69) is 10.6 Å². The number of urea groups is 1. The zero-order valence-corrected chi connectivity index (χ0v) is 19.4. The first-order valence-electron chi connectivity index (χ1n) is 10.3. The number of amides is 2. The third kappa shape index (κ3) is 4.66. The Balaban J connectivity index is 0.000000433. The second-order valence-electron chi connectivity index (χ2n) is 7.49. The second kappa shape index (κ2) is 10.0. The molecule has 2 aliphatic heterocycles. The number of halogens is 3. The van der Waals surface area contributed by atoms with E-state index < -0.39 is 0 Å². The summed E-state index contributed by atoms with van der Waals surface area (Å²) in [5.41, 5.74) is 3.14. The summed E-state index contributed by atoms with van der Waals surface area (Å²) in [7, 11) is 0. The highest BCUT2D eigenvalue weighted by molar-refractivity contribution is 6.40. The van der Waals surface area contributed by atoms with Gasteiger partial charge in [-0.2, -0.15) is 0 Å². The molecule has 0 aliphatic carbocycles. The Labute approximate surface area is 201 Å². The highest BCUT2D eigenvalue weighted by Crippen LogP contribution is 2.45. The van der Waals surface area contributed by atoms with Gasteiger partial charge >= 0.3 is 6.03 Å². The van der Waals surface area contributed by atoms with E-state index in [9.17, 15) is 9.90 Å². The van der Waals surface area contributed by atoms with Crippen molar-refractivity contribution in [3.63, 3.8) is 0 Å². The van der Waals surface area contributed by atoms with Gasteiger partial charge in [0.15, 0.2) is 0 Å². The van der Waals surface area contributed by atoms with Crippen LogP contribution in [0.4, 0.5) is 16.2 Å². The molecule has 0 atom stereocenters. The van der Waals surface area contributed by atoms with Crippen LogP contribution < -0.4 is 15.5 Å². The minimum atomic E-state index is -0.381. The van der Waals surface area contributed by atoms with Crippen molar-refractivity contribution in [2.24, 2.45) is 0 Å². The zero-order chi connectivity index (χ0) is 22.7. The van der Waals surface area contributed by atoms with E-state index in [-0.39, 0.29) is 18.3 Å². The number of phenols is 1. The lowest BCUT2D eigenvalue weighted by atomic mass is 9.95. The van der Waals surface area contributed by atoms with Crippen molar-refractivity contribution in [2.75, 3.05) is 18.0 Å². The molecule has 166 valence electrons. The number of carbonyl (C=O) groups excluding carboxylic acids is 1. The molecule has 2 heterocycles. The van der Waals surface area contributed by atoms with Crippen LogP contribution >= 0.6 is 34.8 Å². The number of fused-ring (bicyclic) bond motifs is 1. The monoisotopic (exact) mass is 489 g/mol. The topological polar surface area (TPSA) is 64.6 Å². The molecular weight excluding hydrogens is 469 g/mol. The molecule has 0 saturated carbocycles. The Kier molecular flexibility index (Phi) is 7.11. The van der Waals surface area contributed by atoms with Gasteiger partial charge in [0.2, 0.25) is 0 Å². The third-order valence-corrected chi connectivity index (χ3v) is 6.29. The molecule has 8 heteroatoms. The highest BCUT2D eigenvalue weighted by atomic mass is 35.5. The molecule has 5 rings (SSSR count). The van der Waals surface area contributed by atoms with Crippen LogP contribution in [0, 0.1) is 0 Å². The van der Waals surface area contributed by atoms with E-state index in [1.165, 1.54) is 36.9 Å². The molecule has 32 heavy (non-hydrogen) atoms. The van der Waals surface area contributed by atoms with Crippen molar-refractivity contribution in [3.8, 4) is 16.9 Å². The largest absolute Gasteiger partial charge is 0.508 e. The van der Waals surface area contributed by atoms with E-state index >= 15 is 0 Å². The van der Waals surface area contributed by atoms with Gasteiger partial charge in [0.25, 0.3) is 0 Å². The van der Waals surface area contributed by atoms with Crippen LogP contribution in [-0.2, 0) is 6.54 Å². The first-order valence-corrected chi connectivity index (χ1v) is 11.4. The van der Waals surface area contributed by atoms with Crippen LogP contribution in [-0.4, -0.2) is 24.2 Å². The summed E-state index contributed by atoms with van der Waals surface area (Å²) >= 11 is 19.0. The third-order valence-electron chi connectivity index (χ3n) is 5.35. The van der Waals surface area contributed by atoms with Gasteiger partial charge < -0.3 is 15.7 Å². The smallest absolute Gasteiger partial charge is 0.326 e. The lowest BCUT2D eigenvalue weighted by molar-refractivity contribution is 0.247. The summed E-state index contributed by atoms with van der Waals surface area (Å²) in [6.45, 7) is 2.79. The van der Waals surface area contributed by atoms with Gasteiger partial charge in [0, 0.05) is 28.8 Å². The summed E-state index contributed by atoms with van der Waals surface area (Å²) in [4.78, 5) is 14.1. The summed E-state index contributed by atoms with van der Waals surface area (Å²) in [6, 6.07) is 15.1. The fraction of sp³-hybridized carbons (Fsp3) is 0.208. The SMILES string of the molecule is C1CCNC1.O=C1NCc2c(-c3ccccc3Cl)cc(O)cc2N1c1c(Cl)cccc1Cl. The zero-order valence-electron chi connectivity index (χ0n) is 17.2. The number of benzene rings is 3. The Morgan fingerprint density at radius 1 is 0.844 bits per heavy atom. The number of aromatic hydroxyl groups is 1. The maximum atomic E-state index is 12.7. The summed E-state index contributed by atoms with van der Waals surface area (Å²) in [6.07, 6.45) is 2.78. The highest BCUT2D eigenvalue weighted by Gasteiger charge is 2.31. The summed E-state index contributed by atoms with van der Waals surface area (Å²) in [5.74, 6) is 0.00606. The minimum absolute atomic E-state index is 0.00606. The molecule has 3 aromatic rings. The summed E-state index contributed by atoms with van der Waals surface area (Å²) in [5, 5.41) is 17.6. The Morgan fingerprint density at radius 3 is 2.12 bits per heavy atom. The number of anilines is 2. The normalized spacial score (nSPS) is 15.0. The average molecular weight is 491 g/mol. The molecule has 5 nitrogen and oxygen atoms in total. The van der Waals surface area contributed by atoms with Crippen molar-refractivity contribution in [1.82, 2.24) is 10.6 Å². The maximum absolute atomic E-state index is 12.7. The van der Waals surface area contributed by atoms with Gasteiger partial charge in [-0.15, -0.1) is 0 Å². The molecule has 0 spiro atoms. The van der Waals surface area contributed by atoms with E-state index in [1.807, 2.05) is 18.2 Å². The lowest BCUT2D eigenvalue weighted by Gasteiger charge is -2.32. The molecule has 1 fully saturated rings. The molecule has 0 aromatic heterocycles. The van der Waals surface area contributed by atoms with Crippen LogP contribution in [0.3, 0.4) is 0 Å². The van der Waals surface area contributed by atoms with E-state index in [1.54, 1.807) is 30.3 Å². The van der Waals surface area contributed by atoms with E-state index in [0.29, 0.717) is 26.4 Å². The van der Waals surface area contributed by atoms with Crippen LogP contribution in [0.5, 0.6) is 5.75 Å². The number of hydrogen-bond acceptors (Lipinski definition) is 3. The first-order chi connectivity index (χ1) is 15.5. The molecule has 2 aliphatic rings. The predicted molar refractivity (Wildman–Crippen MR) is 131 cm³/mol. The number of hydrogen-bond donors (Lipinski definition) is 3. The molecule has 0 unspecified atom stereocenters. The van der Waals surface area contributed by atoms with Crippen LogP contribution in [0.1, 0.15) is 18.4 Å². The van der Waals surface area contributed by atoms with Crippen LogP contribution in [0.15, 0.2) is 54.6 Å². The van der Waals surface area contributed by atoms with E-state index in [0.717, 1.165) is 16.7 Å². The number of phenolic OH excluding ortho intramolecular Hbond substituents is 1. The second-order valence-corrected chi connectivity index (χ2v) is 8.71. The van der Waals surface area contributed by atoms with Crippen molar-refractivity contribution >= 4 is 52.2 Å². The van der Waals surface area contributed by atoms with E-state index in [4.69, 9.17) is 34.8 Å². The van der Waals surface area contributed by atoms with Crippen molar-refractivity contribution in [2.45, 2.75) is 19.4 Å². The molecule has 3 N–H and O–H groups in total. The van der Waals surface area contributed by atoms with Gasteiger partial charge in [-0.1, -0.05) is 59.1 Å². The molecule has 0 radical (unpaired) electrons.